The highest BCUT2D eigenvalue weighted by molar-refractivity contribution is 6.30. The number of nitrogens with one attached hydrogen (secondary N) is 1. The van der Waals surface area contributed by atoms with Gasteiger partial charge in [-0.2, -0.15) is 5.10 Å². The van der Waals surface area contributed by atoms with Crippen LogP contribution in [0.1, 0.15) is 13.8 Å². The fraction of sp³-hybridized carbons (Fsp3) is 0.556. The van der Waals surface area contributed by atoms with Crippen LogP contribution in [0.25, 0.3) is 0 Å². The number of carbonyl (C=O) groups is 1. The summed E-state index contributed by atoms with van der Waals surface area (Å²) < 4.78 is 1.51. The SMILES string of the molecule is CC(C)NC(Cn1cc(Cl)cn1)C(=O)O. The lowest BCUT2D eigenvalue weighted by Gasteiger charge is -2.16. The van der Waals surface area contributed by atoms with Gasteiger partial charge in [-0.15, -0.1) is 0 Å². The van der Waals surface area contributed by atoms with E-state index in [1.807, 2.05) is 13.8 Å². The highest BCUT2D eigenvalue weighted by Crippen LogP contribution is 2.05. The van der Waals surface area contributed by atoms with E-state index in [4.69, 9.17) is 16.7 Å². The topological polar surface area (TPSA) is 67.2 Å². The fourth-order valence-electron chi connectivity index (χ4n) is 1.23. The summed E-state index contributed by atoms with van der Waals surface area (Å²) in [6.45, 7) is 4.05. The van der Waals surface area contributed by atoms with E-state index in [1.165, 1.54) is 10.9 Å². The molecule has 1 heterocycles. The predicted molar refractivity (Wildman–Crippen MR) is 56.9 cm³/mol. The minimum absolute atomic E-state index is 0.108. The number of hydrogen-bond acceptors (Lipinski definition) is 3. The zero-order valence-electron chi connectivity index (χ0n) is 8.64. The molecule has 0 fully saturated rings. The second-order valence-electron chi connectivity index (χ2n) is 3.59. The molecule has 0 saturated heterocycles. The molecule has 5 nitrogen and oxygen atoms in total. The number of hydrogen-bond donors (Lipinski definition) is 2. The summed E-state index contributed by atoms with van der Waals surface area (Å²) in [7, 11) is 0. The van der Waals surface area contributed by atoms with Gasteiger partial charge in [0, 0.05) is 12.2 Å². The number of carboxylic acid groups (broad SMARTS) is 1. The molecule has 0 amide bonds. The molecular formula is C9H14ClN3O2. The first-order valence-corrected chi connectivity index (χ1v) is 5.03. The smallest absolute Gasteiger partial charge is 0.322 e. The average molecular weight is 232 g/mol. The van der Waals surface area contributed by atoms with Gasteiger partial charge in [0.1, 0.15) is 6.04 Å². The molecule has 1 atom stereocenters. The number of aliphatic carboxylic acids is 1. The van der Waals surface area contributed by atoms with E-state index in [-0.39, 0.29) is 12.6 Å². The van der Waals surface area contributed by atoms with Crippen molar-refractivity contribution >= 4 is 17.6 Å². The van der Waals surface area contributed by atoms with Crippen molar-refractivity contribution in [3.63, 3.8) is 0 Å². The molecule has 6 heteroatoms. The number of nitrogens with zero attached hydrogens (tertiary/aromatic N) is 2. The van der Waals surface area contributed by atoms with E-state index in [0.29, 0.717) is 5.02 Å². The van der Waals surface area contributed by atoms with Gasteiger partial charge in [0.25, 0.3) is 0 Å². The van der Waals surface area contributed by atoms with Crippen LogP contribution in [0, 0.1) is 0 Å². The zero-order chi connectivity index (χ0) is 11.4. The third-order valence-corrected chi connectivity index (χ3v) is 2.00. The molecule has 84 valence electrons. The molecule has 0 bridgehead atoms. The molecule has 0 aliphatic carbocycles. The van der Waals surface area contributed by atoms with Crippen LogP contribution in [0.3, 0.4) is 0 Å². The third-order valence-electron chi connectivity index (χ3n) is 1.80. The van der Waals surface area contributed by atoms with E-state index >= 15 is 0 Å². The van der Waals surface area contributed by atoms with Crippen molar-refractivity contribution in [3.8, 4) is 0 Å². The highest BCUT2D eigenvalue weighted by Gasteiger charge is 2.18. The molecule has 1 unspecified atom stereocenters. The van der Waals surface area contributed by atoms with E-state index in [2.05, 4.69) is 10.4 Å². The Balaban J connectivity index is 2.62. The van der Waals surface area contributed by atoms with Gasteiger partial charge >= 0.3 is 5.97 Å². The molecule has 0 saturated carbocycles. The van der Waals surface area contributed by atoms with E-state index in [0.717, 1.165) is 0 Å². The van der Waals surface area contributed by atoms with Crippen LogP contribution in [-0.2, 0) is 11.3 Å². The van der Waals surface area contributed by atoms with Crippen molar-refractivity contribution in [1.29, 1.82) is 0 Å². The number of aromatic nitrogens is 2. The Labute approximate surface area is 93.0 Å². The Morgan fingerprint density at radius 2 is 2.40 bits per heavy atom. The first-order valence-electron chi connectivity index (χ1n) is 4.66. The summed E-state index contributed by atoms with van der Waals surface area (Å²) in [6.07, 6.45) is 3.08. The quantitative estimate of drug-likeness (QED) is 0.793. The molecule has 0 aliphatic heterocycles. The molecule has 1 aromatic heterocycles. The Morgan fingerprint density at radius 3 is 2.80 bits per heavy atom. The minimum atomic E-state index is -0.893. The van der Waals surface area contributed by atoms with Crippen LogP contribution < -0.4 is 5.32 Å². The molecule has 1 aromatic rings. The summed E-state index contributed by atoms with van der Waals surface area (Å²) in [5, 5.41) is 16.3. The van der Waals surface area contributed by atoms with Gasteiger partial charge in [-0.25, -0.2) is 0 Å². The number of rotatable bonds is 5. The van der Waals surface area contributed by atoms with Crippen LogP contribution in [0.4, 0.5) is 0 Å². The largest absolute Gasteiger partial charge is 0.480 e. The maximum atomic E-state index is 10.9. The standard InChI is InChI=1S/C9H14ClN3O2/c1-6(2)12-8(9(14)15)5-13-4-7(10)3-11-13/h3-4,6,8,12H,5H2,1-2H3,(H,14,15). The van der Waals surface area contributed by atoms with E-state index in [9.17, 15) is 4.79 Å². The molecular weight excluding hydrogens is 218 g/mol. The number of halogens is 1. The molecule has 0 spiro atoms. The molecule has 0 aromatic carbocycles. The summed E-state index contributed by atoms with van der Waals surface area (Å²) in [5.74, 6) is -0.893. The van der Waals surface area contributed by atoms with Crippen LogP contribution in [0.2, 0.25) is 5.02 Å². The van der Waals surface area contributed by atoms with Crippen molar-refractivity contribution in [2.24, 2.45) is 0 Å². The lowest BCUT2D eigenvalue weighted by Crippen LogP contribution is -2.43. The minimum Gasteiger partial charge on any atom is -0.480 e. The average Bonchev–Trinajstić information content (AvgIpc) is 2.49. The van der Waals surface area contributed by atoms with Gasteiger partial charge in [-0.3, -0.25) is 9.48 Å². The second-order valence-corrected chi connectivity index (χ2v) is 4.03. The maximum Gasteiger partial charge on any atom is 0.322 e. The molecule has 0 radical (unpaired) electrons. The zero-order valence-corrected chi connectivity index (χ0v) is 9.40. The fourth-order valence-corrected chi connectivity index (χ4v) is 1.39. The normalized spacial score (nSPS) is 13.1. The highest BCUT2D eigenvalue weighted by atomic mass is 35.5. The Hall–Kier alpha value is -1.07. The van der Waals surface area contributed by atoms with Crippen molar-refractivity contribution in [2.75, 3.05) is 0 Å². The summed E-state index contributed by atoms with van der Waals surface area (Å²) >= 11 is 5.68. The predicted octanol–water partition coefficient (Wildman–Crippen LogP) is 0.988. The molecule has 1 rings (SSSR count). The van der Waals surface area contributed by atoms with Gasteiger partial charge < -0.3 is 10.4 Å². The monoisotopic (exact) mass is 231 g/mol. The van der Waals surface area contributed by atoms with Crippen molar-refractivity contribution in [2.45, 2.75) is 32.5 Å². The van der Waals surface area contributed by atoms with Crippen LogP contribution >= 0.6 is 11.6 Å². The van der Waals surface area contributed by atoms with Gasteiger partial charge in [-0.05, 0) is 0 Å². The summed E-state index contributed by atoms with van der Waals surface area (Å²) in [5.41, 5.74) is 0. The van der Waals surface area contributed by atoms with Crippen molar-refractivity contribution < 1.29 is 9.90 Å². The van der Waals surface area contributed by atoms with Gasteiger partial charge in [0.15, 0.2) is 0 Å². The Morgan fingerprint density at radius 1 is 1.73 bits per heavy atom. The lowest BCUT2D eigenvalue weighted by molar-refractivity contribution is -0.140. The van der Waals surface area contributed by atoms with Gasteiger partial charge in [-0.1, -0.05) is 25.4 Å². The van der Waals surface area contributed by atoms with Crippen LogP contribution in [0.15, 0.2) is 12.4 Å². The maximum absolute atomic E-state index is 10.9. The molecule has 15 heavy (non-hydrogen) atoms. The Kier molecular flexibility index (Phi) is 4.11. The lowest BCUT2D eigenvalue weighted by atomic mass is 10.2. The first kappa shape index (κ1) is 12.0. The van der Waals surface area contributed by atoms with Crippen LogP contribution in [0.5, 0.6) is 0 Å². The third kappa shape index (κ3) is 3.89. The molecule has 2 N–H and O–H groups in total. The van der Waals surface area contributed by atoms with Gasteiger partial charge in [0.2, 0.25) is 0 Å². The van der Waals surface area contributed by atoms with E-state index < -0.39 is 12.0 Å². The Bertz CT molecular complexity index is 338. The summed E-state index contributed by atoms with van der Waals surface area (Å²) in [6, 6.07) is -0.543. The first-order chi connectivity index (χ1) is 6.99. The molecule has 0 aliphatic rings. The number of carboxylic acids is 1. The summed E-state index contributed by atoms with van der Waals surface area (Å²) in [4.78, 5) is 10.9. The second kappa shape index (κ2) is 5.14. The van der Waals surface area contributed by atoms with Crippen molar-refractivity contribution in [1.82, 2.24) is 15.1 Å². The van der Waals surface area contributed by atoms with Gasteiger partial charge in [0.05, 0.1) is 17.8 Å². The van der Waals surface area contributed by atoms with E-state index in [1.54, 1.807) is 6.20 Å². The van der Waals surface area contributed by atoms with Crippen molar-refractivity contribution in [3.05, 3.63) is 17.4 Å². The van der Waals surface area contributed by atoms with Crippen LogP contribution in [-0.4, -0.2) is 32.9 Å².